The fourth-order valence-corrected chi connectivity index (χ4v) is 4.19. The SMILES string of the molecule is CN(Cc1ccc(F)cc1)C(=O)c1ccc2c(c1)CCCN2S(C)(=O)=O. The first kappa shape index (κ1) is 18.4. The molecule has 1 amide bonds. The molecule has 1 aliphatic heterocycles. The summed E-state index contributed by atoms with van der Waals surface area (Å²) in [5.41, 5.74) is 2.87. The van der Waals surface area contributed by atoms with Gasteiger partial charge in [-0.25, -0.2) is 12.8 Å². The molecule has 7 heteroatoms. The van der Waals surface area contributed by atoms with Crippen LogP contribution in [0.4, 0.5) is 10.1 Å². The van der Waals surface area contributed by atoms with Crippen molar-refractivity contribution in [2.45, 2.75) is 19.4 Å². The van der Waals surface area contributed by atoms with Crippen molar-refractivity contribution in [3.63, 3.8) is 0 Å². The summed E-state index contributed by atoms with van der Waals surface area (Å²) in [6, 6.07) is 11.2. The highest BCUT2D eigenvalue weighted by molar-refractivity contribution is 7.92. The van der Waals surface area contributed by atoms with Gasteiger partial charge in [0, 0.05) is 25.7 Å². The van der Waals surface area contributed by atoms with Gasteiger partial charge in [0.1, 0.15) is 5.82 Å². The van der Waals surface area contributed by atoms with Gasteiger partial charge in [-0.2, -0.15) is 0 Å². The van der Waals surface area contributed by atoms with Gasteiger partial charge < -0.3 is 4.90 Å². The fourth-order valence-electron chi connectivity index (χ4n) is 3.20. The monoisotopic (exact) mass is 376 g/mol. The number of amides is 1. The minimum atomic E-state index is -3.33. The highest BCUT2D eigenvalue weighted by Gasteiger charge is 2.25. The van der Waals surface area contributed by atoms with Crippen LogP contribution in [-0.4, -0.2) is 39.1 Å². The number of carbonyl (C=O) groups excluding carboxylic acids is 1. The third-order valence-electron chi connectivity index (χ3n) is 4.48. The average Bonchev–Trinajstić information content (AvgIpc) is 2.61. The Hall–Kier alpha value is -2.41. The first-order chi connectivity index (χ1) is 12.3. The van der Waals surface area contributed by atoms with Crippen LogP contribution in [0.25, 0.3) is 0 Å². The molecule has 26 heavy (non-hydrogen) atoms. The van der Waals surface area contributed by atoms with Crippen molar-refractivity contribution in [1.82, 2.24) is 4.90 Å². The van der Waals surface area contributed by atoms with Crippen LogP contribution < -0.4 is 4.31 Å². The molecule has 0 spiro atoms. The number of anilines is 1. The molecule has 1 aliphatic rings. The summed E-state index contributed by atoms with van der Waals surface area (Å²) in [5, 5.41) is 0. The lowest BCUT2D eigenvalue weighted by Gasteiger charge is -2.29. The Morgan fingerprint density at radius 2 is 1.88 bits per heavy atom. The van der Waals surface area contributed by atoms with E-state index in [0.29, 0.717) is 24.3 Å². The Balaban J connectivity index is 1.81. The summed E-state index contributed by atoms with van der Waals surface area (Å²) in [4.78, 5) is 14.3. The number of fused-ring (bicyclic) bond motifs is 1. The van der Waals surface area contributed by atoms with E-state index >= 15 is 0 Å². The van der Waals surface area contributed by atoms with Gasteiger partial charge in [0.25, 0.3) is 5.91 Å². The number of rotatable bonds is 4. The van der Waals surface area contributed by atoms with Crippen molar-refractivity contribution < 1.29 is 17.6 Å². The van der Waals surface area contributed by atoms with Crippen LogP contribution in [-0.2, 0) is 23.0 Å². The van der Waals surface area contributed by atoms with Crippen LogP contribution in [0.3, 0.4) is 0 Å². The van der Waals surface area contributed by atoms with Gasteiger partial charge in [0.2, 0.25) is 10.0 Å². The zero-order valence-corrected chi connectivity index (χ0v) is 15.6. The summed E-state index contributed by atoms with van der Waals surface area (Å²) in [5.74, 6) is -0.471. The normalized spacial score (nSPS) is 14.0. The predicted octanol–water partition coefficient (Wildman–Crippen LogP) is 2.81. The number of sulfonamides is 1. The maximum Gasteiger partial charge on any atom is 0.253 e. The molecule has 1 heterocycles. The molecule has 0 fully saturated rings. The van der Waals surface area contributed by atoms with Gasteiger partial charge in [0.15, 0.2) is 0 Å². The van der Waals surface area contributed by atoms with Gasteiger partial charge in [-0.15, -0.1) is 0 Å². The van der Waals surface area contributed by atoms with E-state index in [2.05, 4.69) is 0 Å². The van der Waals surface area contributed by atoms with E-state index in [0.717, 1.165) is 24.0 Å². The van der Waals surface area contributed by atoms with Gasteiger partial charge in [-0.1, -0.05) is 12.1 Å². The molecule has 0 aliphatic carbocycles. The van der Waals surface area contributed by atoms with E-state index in [4.69, 9.17) is 0 Å². The lowest BCUT2D eigenvalue weighted by molar-refractivity contribution is 0.0785. The fraction of sp³-hybridized carbons (Fsp3) is 0.316. The molecule has 0 radical (unpaired) electrons. The molecular formula is C19H21FN2O3S. The van der Waals surface area contributed by atoms with Gasteiger partial charge in [-0.3, -0.25) is 9.10 Å². The van der Waals surface area contributed by atoms with Crippen molar-refractivity contribution in [2.75, 3.05) is 24.2 Å². The van der Waals surface area contributed by atoms with Crippen molar-refractivity contribution in [2.24, 2.45) is 0 Å². The number of aryl methyl sites for hydroxylation is 1. The lowest BCUT2D eigenvalue weighted by atomic mass is 10.00. The highest BCUT2D eigenvalue weighted by atomic mass is 32.2. The zero-order chi connectivity index (χ0) is 18.9. The topological polar surface area (TPSA) is 57.7 Å². The van der Waals surface area contributed by atoms with E-state index in [1.165, 1.54) is 22.7 Å². The molecule has 0 unspecified atom stereocenters. The largest absolute Gasteiger partial charge is 0.337 e. The minimum absolute atomic E-state index is 0.159. The molecule has 0 atom stereocenters. The maximum atomic E-state index is 13.0. The van der Waals surface area contributed by atoms with Crippen molar-refractivity contribution >= 4 is 21.6 Å². The van der Waals surface area contributed by atoms with Crippen molar-refractivity contribution in [3.8, 4) is 0 Å². The van der Waals surface area contributed by atoms with E-state index < -0.39 is 10.0 Å². The molecule has 0 saturated carbocycles. The molecule has 2 aromatic rings. The number of halogens is 1. The molecule has 5 nitrogen and oxygen atoms in total. The van der Waals surface area contributed by atoms with Gasteiger partial charge in [0.05, 0.1) is 11.9 Å². The third kappa shape index (κ3) is 3.88. The molecule has 0 saturated heterocycles. The summed E-state index contributed by atoms with van der Waals surface area (Å²) in [7, 11) is -1.64. The van der Waals surface area contributed by atoms with Crippen LogP contribution in [0, 0.1) is 5.82 Å². The van der Waals surface area contributed by atoms with Crippen LogP contribution in [0.5, 0.6) is 0 Å². The van der Waals surface area contributed by atoms with Gasteiger partial charge >= 0.3 is 0 Å². The molecule has 0 aromatic heterocycles. The second-order valence-electron chi connectivity index (χ2n) is 6.57. The molecule has 2 aromatic carbocycles. The molecule has 3 rings (SSSR count). The van der Waals surface area contributed by atoms with Gasteiger partial charge in [-0.05, 0) is 54.3 Å². The standard InChI is InChI=1S/C19H21FN2O3S/c1-21(13-14-5-8-17(20)9-6-14)19(23)16-7-10-18-15(12-16)4-3-11-22(18)26(2,24)25/h5-10,12H,3-4,11,13H2,1-2H3. The Labute approximate surface area is 153 Å². The number of hydrogen-bond donors (Lipinski definition) is 0. The quantitative estimate of drug-likeness (QED) is 0.825. The smallest absolute Gasteiger partial charge is 0.253 e. The Kier molecular flexibility index (Phi) is 5.00. The second kappa shape index (κ2) is 7.07. The number of carbonyl (C=O) groups is 1. The second-order valence-corrected chi connectivity index (χ2v) is 8.48. The number of hydrogen-bond acceptors (Lipinski definition) is 3. The van der Waals surface area contributed by atoms with Crippen molar-refractivity contribution in [3.05, 3.63) is 65.0 Å². The molecule has 0 N–H and O–H groups in total. The first-order valence-corrected chi connectivity index (χ1v) is 10.2. The summed E-state index contributed by atoms with van der Waals surface area (Å²) in [6.07, 6.45) is 2.66. The molecular weight excluding hydrogens is 355 g/mol. The van der Waals surface area contributed by atoms with Crippen LogP contribution in [0.2, 0.25) is 0 Å². The van der Waals surface area contributed by atoms with E-state index in [9.17, 15) is 17.6 Å². The van der Waals surface area contributed by atoms with E-state index in [-0.39, 0.29) is 11.7 Å². The summed E-state index contributed by atoms with van der Waals surface area (Å²) in [6.45, 7) is 0.829. The highest BCUT2D eigenvalue weighted by Crippen LogP contribution is 2.30. The van der Waals surface area contributed by atoms with Crippen LogP contribution in [0.15, 0.2) is 42.5 Å². The van der Waals surface area contributed by atoms with Crippen LogP contribution >= 0.6 is 0 Å². The first-order valence-electron chi connectivity index (χ1n) is 8.36. The van der Waals surface area contributed by atoms with E-state index in [1.54, 1.807) is 42.3 Å². The molecule has 0 bridgehead atoms. The summed E-state index contributed by atoms with van der Waals surface area (Å²) < 4.78 is 38.2. The molecule has 138 valence electrons. The average molecular weight is 376 g/mol. The Morgan fingerprint density at radius 3 is 2.54 bits per heavy atom. The number of benzene rings is 2. The Bertz CT molecular complexity index is 926. The Morgan fingerprint density at radius 1 is 1.19 bits per heavy atom. The lowest BCUT2D eigenvalue weighted by Crippen LogP contribution is -2.35. The number of nitrogens with zero attached hydrogens (tertiary/aromatic N) is 2. The third-order valence-corrected chi connectivity index (χ3v) is 5.66. The minimum Gasteiger partial charge on any atom is -0.337 e. The summed E-state index contributed by atoms with van der Waals surface area (Å²) >= 11 is 0. The van der Waals surface area contributed by atoms with Crippen LogP contribution in [0.1, 0.15) is 27.9 Å². The zero-order valence-electron chi connectivity index (χ0n) is 14.8. The van der Waals surface area contributed by atoms with Crippen molar-refractivity contribution in [1.29, 1.82) is 0 Å². The predicted molar refractivity (Wildman–Crippen MR) is 99.2 cm³/mol. The maximum absolute atomic E-state index is 13.0. The van der Waals surface area contributed by atoms with E-state index in [1.807, 2.05) is 0 Å².